The van der Waals surface area contributed by atoms with Gasteiger partial charge in [-0.2, -0.15) is 15.1 Å². The highest BCUT2D eigenvalue weighted by molar-refractivity contribution is 6.04. The van der Waals surface area contributed by atoms with Gasteiger partial charge in [-0.05, 0) is 89.5 Å². The predicted molar refractivity (Wildman–Crippen MR) is 226 cm³/mol. The lowest BCUT2D eigenvalue weighted by atomic mass is 9.92. The van der Waals surface area contributed by atoms with Crippen LogP contribution in [0.5, 0.6) is 11.8 Å². The molecule has 62 heavy (non-hydrogen) atoms. The molecular weight excluding hydrogens is 798 g/mol. The maximum absolute atomic E-state index is 16.5. The number of likely N-dealkylation sites (tertiary alicyclic amines) is 1. The minimum Gasteiger partial charge on any atom is -0.486 e. The van der Waals surface area contributed by atoms with Gasteiger partial charge in [0.1, 0.15) is 35.2 Å². The number of aromatic nitrogens is 5. The molecule has 326 valence electrons. The zero-order chi connectivity index (χ0) is 42.9. The summed E-state index contributed by atoms with van der Waals surface area (Å²) in [5.41, 5.74) is 4.25. The Balaban J connectivity index is 1.17. The van der Waals surface area contributed by atoms with E-state index in [0.29, 0.717) is 90.6 Å². The Bertz CT molecular complexity index is 2540. The molecule has 2 bridgehead atoms. The molecule has 1 aliphatic carbocycles. The molecule has 3 atom stereocenters. The van der Waals surface area contributed by atoms with Crippen LogP contribution in [0.4, 0.5) is 15.0 Å². The maximum Gasteiger partial charge on any atom is 0.410 e. The molecule has 5 aliphatic rings. The van der Waals surface area contributed by atoms with Crippen molar-refractivity contribution >= 4 is 39.8 Å². The molecule has 1 unspecified atom stereocenters. The molecule has 10 rings (SSSR count). The Morgan fingerprint density at radius 3 is 2.40 bits per heavy atom. The fraction of sp³-hybridized carbons (Fsp3) is 0.522. The number of anilines is 1. The van der Waals surface area contributed by atoms with E-state index in [0.717, 1.165) is 55.2 Å². The van der Waals surface area contributed by atoms with Crippen LogP contribution >= 0.6 is 0 Å². The van der Waals surface area contributed by atoms with Gasteiger partial charge in [0, 0.05) is 61.0 Å². The highest BCUT2D eigenvalue weighted by Gasteiger charge is 2.48. The molecular formula is C46H52FN7O8. The van der Waals surface area contributed by atoms with Crippen LogP contribution in [0.2, 0.25) is 0 Å². The summed E-state index contributed by atoms with van der Waals surface area (Å²) in [5, 5.41) is 15.2. The first-order valence-electron chi connectivity index (χ1n) is 21.9. The zero-order valence-corrected chi connectivity index (χ0v) is 35.6. The Hall–Kier alpha value is -5.61. The van der Waals surface area contributed by atoms with Crippen LogP contribution in [0, 0.1) is 12.7 Å². The molecule has 3 aromatic heterocycles. The number of pyridine rings is 1. The second-order valence-electron chi connectivity index (χ2n) is 18.3. The van der Waals surface area contributed by atoms with E-state index < -0.39 is 17.4 Å². The summed E-state index contributed by atoms with van der Waals surface area (Å²) in [7, 11) is 0. The van der Waals surface area contributed by atoms with E-state index in [1.165, 1.54) is 6.07 Å². The van der Waals surface area contributed by atoms with Crippen molar-refractivity contribution in [2.45, 2.75) is 122 Å². The number of carboxylic acid groups (broad SMARTS) is 1. The van der Waals surface area contributed by atoms with Crippen LogP contribution in [0.1, 0.15) is 111 Å². The number of hydrogen-bond acceptors (Lipinski definition) is 12. The minimum absolute atomic E-state index is 0.0531. The van der Waals surface area contributed by atoms with Gasteiger partial charge in [0.2, 0.25) is 0 Å². The van der Waals surface area contributed by atoms with Gasteiger partial charge in [-0.3, -0.25) is 0 Å². The van der Waals surface area contributed by atoms with Crippen molar-refractivity contribution in [3.63, 3.8) is 0 Å². The molecule has 4 aliphatic heterocycles. The number of rotatable bonds is 10. The Labute approximate surface area is 358 Å². The first kappa shape index (κ1) is 40.5. The zero-order valence-electron chi connectivity index (χ0n) is 35.6. The molecule has 5 aromatic rings. The molecule has 2 aromatic carbocycles. The van der Waals surface area contributed by atoms with E-state index in [2.05, 4.69) is 4.90 Å². The van der Waals surface area contributed by atoms with Gasteiger partial charge in [0.15, 0.2) is 17.8 Å². The van der Waals surface area contributed by atoms with E-state index in [1.807, 2.05) is 25.7 Å². The summed E-state index contributed by atoms with van der Waals surface area (Å²) in [6, 6.07) is 8.09. The summed E-state index contributed by atoms with van der Waals surface area (Å²) < 4.78 is 49.5. The number of carbonyl (C=O) groups is 2. The predicted octanol–water partition coefficient (Wildman–Crippen LogP) is 8.10. The number of piperazine rings is 1. The van der Waals surface area contributed by atoms with Crippen molar-refractivity contribution < 1.29 is 42.8 Å². The Kier molecular flexibility index (Phi) is 10.4. The van der Waals surface area contributed by atoms with Crippen molar-refractivity contribution in [1.82, 2.24) is 29.6 Å². The van der Waals surface area contributed by atoms with Gasteiger partial charge >= 0.3 is 18.1 Å². The number of amides is 1. The molecule has 1 N–H and O–H groups in total. The molecule has 1 saturated carbocycles. The molecule has 7 heterocycles. The van der Waals surface area contributed by atoms with Gasteiger partial charge in [-0.1, -0.05) is 12.1 Å². The summed E-state index contributed by atoms with van der Waals surface area (Å²) in [5.74, 6) is -0.372. The Morgan fingerprint density at radius 2 is 1.73 bits per heavy atom. The third kappa shape index (κ3) is 7.65. The fourth-order valence-corrected chi connectivity index (χ4v) is 9.42. The number of carboxylic acids is 1. The first-order chi connectivity index (χ1) is 29.9. The second kappa shape index (κ2) is 15.9. The lowest BCUT2D eigenvalue weighted by Crippen LogP contribution is -2.50. The van der Waals surface area contributed by atoms with E-state index in [4.69, 9.17) is 43.7 Å². The van der Waals surface area contributed by atoms with Crippen molar-refractivity contribution in [3.8, 4) is 22.9 Å². The van der Waals surface area contributed by atoms with E-state index in [9.17, 15) is 14.7 Å². The fourth-order valence-electron chi connectivity index (χ4n) is 9.42. The second-order valence-corrected chi connectivity index (χ2v) is 18.3. The van der Waals surface area contributed by atoms with Crippen LogP contribution in [-0.4, -0.2) is 104 Å². The summed E-state index contributed by atoms with van der Waals surface area (Å²) in [6.45, 7) is 10.1. The number of halogens is 1. The van der Waals surface area contributed by atoms with Crippen molar-refractivity contribution in [1.29, 1.82) is 0 Å². The third-order valence-electron chi connectivity index (χ3n) is 12.7. The van der Waals surface area contributed by atoms with Crippen LogP contribution in [0.15, 0.2) is 36.5 Å². The van der Waals surface area contributed by atoms with Gasteiger partial charge in [-0.25, -0.2) is 23.6 Å². The molecule has 1 amide bonds. The Morgan fingerprint density at radius 1 is 0.935 bits per heavy atom. The summed E-state index contributed by atoms with van der Waals surface area (Å²) >= 11 is 0. The SMILES string of the molecule is Cc1c(F)cc2c(cnn2C2CCCCO2)c1-c1c(C2CC2)nc2c(N3C[C@@H]4C[C@H]3CN4C(=O)OC(C)(C)C)nc(OC3CCOCC3)nc2c1OCc1ccc(C(=O)O)cc1. The number of benzene rings is 2. The monoisotopic (exact) mass is 849 g/mol. The summed E-state index contributed by atoms with van der Waals surface area (Å²) in [4.78, 5) is 44.8. The number of ether oxygens (including phenoxy) is 5. The third-order valence-corrected chi connectivity index (χ3v) is 12.7. The standard InChI is InChI=1S/C46H52FN7O8/c1-25-33(47)20-34-32(21-48-54(34)35-7-5-6-16-59-35)36(25)37-38(27-12-13-27)49-40-39(41(37)60-24-26-8-10-28(11-9-26)43(55)56)50-44(61-31-14-17-58-18-15-31)51-42(40)52-22-30-19-29(52)23-53(30)45(57)62-46(2,3)4/h8-11,20-21,27,29-31,35H,5-7,12-19,22-24H2,1-4H3,(H,55,56)/t29-,30-,35?/m0/s1. The van der Waals surface area contributed by atoms with E-state index >= 15 is 4.39 Å². The van der Waals surface area contributed by atoms with Gasteiger partial charge in [0.25, 0.3) is 0 Å². The highest BCUT2D eigenvalue weighted by atomic mass is 19.1. The number of nitrogens with zero attached hydrogens (tertiary/aromatic N) is 7. The molecule has 0 spiro atoms. The smallest absolute Gasteiger partial charge is 0.410 e. The maximum atomic E-state index is 16.5. The van der Waals surface area contributed by atoms with Crippen molar-refractivity contribution in [2.24, 2.45) is 0 Å². The number of fused-ring (bicyclic) bond motifs is 4. The topological polar surface area (TPSA) is 163 Å². The van der Waals surface area contributed by atoms with Crippen molar-refractivity contribution in [3.05, 3.63) is 64.7 Å². The quantitative estimate of drug-likeness (QED) is 0.144. The van der Waals surface area contributed by atoms with Gasteiger partial charge in [-0.15, -0.1) is 0 Å². The molecule has 0 radical (unpaired) electrons. The number of carbonyl (C=O) groups excluding carboxylic acids is 1. The van der Waals surface area contributed by atoms with Crippen LogP contribution in [-0.2, 0) is 20.8 Å². The summed E-state index contributed by atoms with van der Waals surface area (Å²) in [6.07, 6.45) is 7.52. The molecule has 15 nitrogen and oxygen atoms in total. The van der Waals surface area contributed by atoms with Gasteiger partial charge < -0.3 is 38.6 Å². The normalized spacial score (nSPS) is 21.9. The first-order valence-corrected chi connectivity index (χ1v) is 21.9. The van der Waals surface area contributed by atoms with Crippen LogP contribution in [0.25, 0.3) is 33.1 Å². The average Bonchev–Trinajstić information content (AvgIpc) is 3.69. The van der Waals surface area contributed by atoms with Crippen LogP contribution in [0.3, 0.4) is 0 Å². The van der Waals surface area contributed by atoms with Gasteiger partial charge in [0.05, 0.1) is 48.3 Å². The molecule has 16 heteroatoms. The highest BCUT2D eigenvalue weighted by Crippen LogP contribution is 2.52. The number of aromatic carboxylic acids is 1. The molecule has 4 saturated heterocycles. The molecule has 5 fully saturated rings. The van der Waals surface area contributed by atoms with E-state index in [1.54, 1.807) is 42.1 Å². The average molecular weight is 850 g/mol. The minimum atomic E-state index is -1.02. The van der Waals surface area contributed by atoms with Crippen molar-refractivity contribution in [2.75, 3.05) is 37.8 Å². The van der Waals surface area contributed by atoms with E-state index in [-0.39, 0.29) is 54.6 Å². The lowest BCUT2D eigenvalue weighted by Gasteiger charge is -2.36. The lowest BCUT2D eigenvalue weighted by molar-refractivity contribution is -0.0367. The largest absolute Gasteiger partial charge is 0.486 e. The number of hydrogen-bond donors (Lipinski definition) is 1. The van der Waals surface area contributed by atoms with Crippen LogP contribution < -0.4 is 14.4 Å².